The number of methoxy groups -OCH3 is 1. The highest BCUT2D eigenvalue weighted by molar-refractivity contribution is 6.10. The van der Waals surface area contributed by atoms with Crippen LogP contribution in [-0.2, 0) is 6.54 Å². The summed E-state index contributed by atoms with van der Waals surface area (Å²) in [5.74, 6) is -0.0965. The number of benzene rings is 2. The van der Waals surface area contributed by atoms with Crippen LogP contribution in [0.4, 0.5) is 5.69 Å². The zero-order chi connectivity index (χ0) is 19.8. The number of aryl methyl sites for hydroxylation is 1. The Labute approximate surface area is 163 Å². The first kappa shape index (κ1) is 19.2. The molecule has 0 aliphatic heterocycles. The molecule has 2 aromatic carbocycles. The smallest absolute Gasteiger partial charge is 0.259 e. The zero-order valence-corrected chi connectivity index (χ0v) is 15.6. The third kappa shape index (κ3) is 4.76. The number of anilines is 1. The van der Waals surface area contributed by atoms with Gasteiger partial charge in [0.05, 0.1) is 30.3 Å². The second-order valence-electron chi connectivity index (χ2n) is 6.11. The van der Waals surface area contributed by atoms with Crippen LogP contribution < -0.4 is 15.4 Å². The summed E-state index contributed by atoms with van der Waals surface area (Å²) in [7, 11) is 1.51. The van der Waals surface area contributed by atoms with E-state index in [0.717, 1.165) is 13.0 Å². The first-order valence-corrected chi connectivity index (χ1v) is 8.96. The van der Waals surface area contributed by atoms with Gasteiger partial charge in [-0.05, 0) is 30.7 Å². The third-order valence-electron chi connectivity index (χ3n) is 4.21. The van der Waals surface area contributed by atoms with Crippen molar-refractivity contribution in [3.8, 4) is 5.75 Å². The lowest BCUT2D eigenvalue weighted by atomic mass is 10.1. The van der Waals surface area contributed by atoms with Crippen LogP contribution in [-0.4, -0.2) is 35.0 Å². The van der Waals surface area contributed by atoms with E-state index in [1.165, 1.54) is 7.11 Å². The molecule has 3 rings (SSSR count). The van der Waals surface area contributed by atoms with Crippen molar-refractivity contribution in [2.24, 2.45) is 0 Å². The van der Waals surface area contributed by atoms with Gasteiger partial charge >= 0.3 is 0 Å². The van der Waals surface area contributed by atoms with Gasteiger partial charge in [-0.1, -0.05) is 24.3 Å². The molecule has 7 heteroatoms. The van der Waals surface area contributed by atoms with E-state index in [1.54, 1.807) is 61.1 Å². The molecule has 7 nitrogen and oxygen atoms in total. The average Bonchev–Trinajstić information content (AvgIpc) is 3.25. The number of carbonyl (C=O) groups excluding carboxylic acids is 2. The molecule has 3 aromatic rings. The SMILES string of the molecule is COc1ccccc1C(=O)Nc1ccccc1C(=O)NCCCn1ccnc1. The lowest BCUT2D eigenvalue weighted by Gasteiger charge is -2.13. The minimum Gasteiger partial charge on any atom is -0.496 e. The Morgan fingerprint density at radius 3 is 2.54 bits per heavy atom. The molecule has 0 fully saturated rings. The lowest BCUT2D eigenvalue weighted by Crippen LogP contribution is -2.26. The fourth-order valence-corrected chi connectivity index (χ4v) is 2.79. The van der Waals surface area contributed by atoms with Crippen LogP contribution in [0.15, 0.2) is 67.3 Å². The Morgan fingerprint density at radius 1 is 1.04 bits per heavy atom. The molecule has 0 aliphatic carbocycles. The number of ether oxygens (including phenoxy) is 1. The Hall–Kier alpha value is -3.61. The molecule has 0 aliphatic rings. The highest BCUT2D eigenvalue weighted by Crippen LogP contribution is 2.21. The second kappa shape index (κ2) is 9.36. The summed E-state index contributed by atoms with van der Waals surface area (Å²) in [5, 5.41) is 5.69. The van der Waals surface area contributed by atoms with Gasteiger partial charge in [0.1, 0.15) is 5.75 Å². The molecular formula is C21H22N4O3. The monoisotopic (exact) mass is 378 g/mol. The highest BCUT2D eigenvalue weighted by Gasteiger charge is 2.16. The molecule has 0 saturated carbocycles. The molecule has 144 valence electrons. The Bertz CT molecular complexity index is 938. The summed E-state index contributed by atoms with van der Waals surface area (Å²) in [4.78, 5) is 29.2. The molecule has 2 N–H and O–H groups in total. The minimum atomic E-state index is -0.335. The van der Waals surface area contributed by atoms with E-state index in [2.05, 4.69) is 15.6 Å². The predicted octanol–water partition coefficient (Wildman–Crippen LogP) is 2.96. The van der Waals surface area contributed by atoms with Crippen molar-refractivity contribution in [3.63, 3.8) is 0 Å². The van der Waals surface area contributed by atoms with Gasteiger partial charge in [0, 0.05) is 25.5 Å². The van der Waals surface area contributed by atoms with Gasteiger partial charge in [0.15, 0.2) is 0 Å². The van der Waals surface area contributed by atoms with E-state index >= 15 is 0 Å². The number of aromatic nitrogens is 2. The first-order valence-electron chi connectivity index (χ1n) is 8.96. The van der Waals surface area contributed by atoms with Gasteiger partial charge in [-0.2, -0.15) is 0 Å². The maximum atomic E-state index is 12.6. The second-order valence-corrected chi connectivity index (χ2v) is 6.11. The maximum Gasteiger partial charge on any atom is 0.259 e. The van der Waals surface area contributed by atoms with Crippen molar-refractivity contribution in [1.29, 1.82) is 0 Å². The van der Waals surface area contributed by atoms with Crippen molar-refractivity contribution in [2.75, 3.05) is 19.0 Å². The van der Waals surface area contributed by atoms with Crippen LogP contribution in [0, 0.1) is 0 Å². The minimum absolute atomic E-state index is 0.235. The van der Waals surface area contributed by atoms with E-state index in [0.29, 0.717) is 29.1 Å². The molecule has 0 atom stereocenters. The van der Waals surface area contributed by atoms with Gasteiger partial charge < -0.3 is 19.9 Å². The standard InChI is InChI=1S/C21H22N4O3/c1-28-19-10-5-3-8-17(19)21(27)24-18-9-4-2-7-16(18)20(26)23-11-6-13-25-14-12-22-15-25/h2-5,7-10,12,14-15H,6,11,13H2,1H3,(H,23,26)(H,24,27). The quantitative estimate of drug-likeness (QED) is 0.590. The van der Waals surface area contributed by atoms with Crippen LogP contribution in [0.1, 0.15) is 27.1 Å². The summed E-state index contributed by atoms with van der Waals surface area (Å²) in [5.41, 5.74) is 1.26. The normalized spacial score (nSPS) is 10.3. The van der Waals surface area contributed by atoms with Gasteiger partial charge in [-0.3, -0.25) is 9.59 Å². The maximum absolute atomic E-state index is 12.6. The summed E-state index contributed by atoms with van der Waals surface area (Å²) < 4.78 is 7.18. The summed E-state index contributed by atoms with van der Waals surface area (Å²) >= 11 is 0. The number of hydrogen-bond acceptors (Lipinski definition) is 4. The number of carbonyl (C=O) groups is 2. The Balaban J connectivity index is 1.63. The molecule has 0 saturated heterocycles. The van der Waals surface area contributed by atoms with Crippen LogP contribution in [0.2, 0.25) is 0 Å². The van der Waals surface area contributed by atoms with Gasteiger partial charge in [0.25, 0.3) is 11.8 Å². The topological polar surface area (TPSA) is 85.2 Å². The number of amides is 2. The summed E-state index contributed by atoms with van der Waals surface area (Å²) in [6.07, 6.45) is 6.12. The Morgan fingerprint density at radius 2 is 1.79 bits per heavy atom. The average molecular weight is 378 g/mol. The molecule has 2 amide bonds. The van der Waals surface area contributed by atoms with Crippen LogP contribution in [0.5, 0.6) is 5.75 Å². The molecule has 0 bridgehead atoms. The summed E-state index contributed by atoms with van der Waals surface area (Å²) in [6.45, 7) is 1.29. The van der Waals surface area contributed by atoms with E-state index < -0.39 is 0 Å². The molecule has 1 aromatic heterocycles. The van der Waals surface area contributed by atoms with Crippen LogP contribution >= 0.6 is 0 Å². The van der Waals surface area contributed by atoms with Crippen LogP contribution in [0.25, 0.3) is 0 Å². The van der Waals surface area contributed by atoms with E-state index in [9.17, 15) is 9.59 Å². The molecule has 0 spiro atoms. The molecular weight excluding hydrogens is 356 g/mol. The molecule has 0 radical (unpaired) electrons. The highest BCUT2D eigenvalue weighted by atomic mass is 16.5. The number of para-hydroxylation sites is 2. The number of nitrogens with one attached hydrogen (secondary N) is 2. The number of imidazole rings is 1. The molecule has 0 unspecified atom stereocenters. The molecule has 1 heterocycles. The van der Waals surface area contributed by atoms with Gasteiger partial charge in [-0.15, -0.1) is 0 Å². The zero-order valence-electron chi connectivity index (χ0n) is 15.6. The Kier molecular flexibility index (Phi) is 6.41. The number of rotatable bonds is 8. The fourth-order valence-electron chi connectivity index (χ4n) is 2.79. The largest absolute Gasteiger partial charge is 0.496 e. The van der Waals surface area contributed by atoms with Crippen molar-refractivity contribution in [3.05, 3.63) is 78.4 Å². The van der Waals surface area contributed by atoms with Crippen molar-refractivity contribution >= 4 is 17.5 Å². The summed E-state index contributed by atoms with van der Waals surface area (Å²) in [6, 6.07) is 13.9. The van der Waals surface area contributed by atoms with Crippen molar-refractivity contribution in [2.45, 2.75) is 13.0 Å². The molecule has 28 heavy (non-hydrogen) atoms. The van der Waals surface area contributed by atoms with Crippen molar-refractivity contribution in [1.82, 2.24) is 14.9 Å². The number of nitrogens with zero attached hydrogens (tertiary/aromatic N) is 2. The lowest BCUT2D eigenvalue weighted by molar-refractivity contribution is 0.0953. The van der Waals surface area contributed by atoms with E-state index in [1.807, 2.05) is 10.8 Å². The number of hydrogen-bond donors (Lipinski definition) is 2. The predicted molar refractivity (Wildman–Crippen MR) is 107 cm³/mol. The van der Waals surface area contributed by atoms with E-state index in [4.69, 9.17) is 4.74 Å². The third-order valence-corrected chi connectivity index (χ3v) is 4.21. The first-order chi connectivity index (χ1) is 13.7. The van der Waals surface area contributed by atoms with Crippen molar-refractivity contribution < 1.29 is 14.3 Å². The van der Waals surface area contributed by atoms with Gasteiger partial charge in [-0.25, -0.2) is 4.98 Å². The van der Waals surface area contributed by atoms with Gasteiger partial charge in [0.2, 0.25) is 0 Å². The van der Waals surface area contributed by atoms with E-state index in [-0.39, 0.29) is 11.8 Å². The van der Waals surface area contributed by atoms with Crippen LogP contribution in [0.3, 0.4) is 0 Å². The fraction of sp³-hybridized carbons (Fsp3) is 0.190.